The maximum Gasteiger partial charge on any atom is 0.262 e. The van der Waals surface area contributed by atoms with E-state index in [0.717, 1.165) is 0 Å². The molecule has 0 aromatic carbocycles. The summed E-state index contributed by atoms with van der Waals surface area (Å²) >= 11 is 7.25. The van der Waals surface area contributed by atoms with Crippen molar-refractivity contribution >= 4 is 50.2 Å². The van der Waals surface area contributed by atoms with Gasteiger partial charge in [0.15, 0.2) is 0 Å². The summed E-state index contributed by atoms with van der Waals surface area (Å²) in [6.45, 7) is 1.86. The van der Waals surface area contributed by atoms with Crippen LogP contribution in [0.4, 0.5) is 0 Å². The summed E-state index contributed by atoms with van der Waals surface area (Å²) in [7, 11) is 0. The molecule has 1 atom stereocenters. The number of alkyl halides is 1. The first-order valence-electron chi connectivity index (χ1n) is 1.98. The maximum absolute atomic E-state index is 5.03. The molecule has 0 aliphatic carbocycles. The maximum atomic E-state index is 5.03. The number of nitrogens with two attached hydrogens (primary N) is 2. The van der Waals surface area contributed by atoms with Gasteiger partial charge < -0.3 is 17.2 Å². The SMILES string of the molecule is Br.CC(N)Br.NC([NH3+])=S. The summed E-state index contributed by atoms with van der Waals surface area (Å²) in [6.07, 6.45) is 0. The van der Waals surface area contributed by atoms with Crippen molar-refractivity contribution in [2.24, 2.45) is 11.5 Å². The van der Waals surface area contributed by atoms with E-state index in [9.17, 15) is 0 Å². The summed E-state index contributed by atoms with van der Waals surface area (Å²) in [5, 5.41) is 0.250. The molecule has 0 spiro atoms. The fourth-order valence-corrected chi connectivity index (χ4v) is 0. The zero-order valence-corrected chi connectivity index (χ0v) is 9.25. The van der Waals surface area contributed by atoms with E-state index in [-0.39, 0.29) is 27.0 Å². The number of thiocarbonyl (C=S) groups is 1. The van der Waals surface area contributed by atoms with E-state index in [0.29, 0.717) is 0 Å². The molecule has 0 aliphatic heterocycles. The fourth-order valence-electron chi connectivity index (χ4n) is 0. The van der Waals surface area contributed by atoms with Gasteiger partial charge in [-0.1, -0.05) is 15.9 Å². The van der Waals surface area contributed by atoms with Gasteiger partial charge in [0.1, 0.15) is 0 Å². The number of hydrogen-bond donors (Lipinski definition) is 3. The van der Waals surface area contributed by atoms with Crippen molar-refractivity contribution in [1.82, 2.24) is 0 Å². The van der Waals surface area contributed by atoms with Crippen LogP contribution in [-0.2, 0) is 0 Å². The highest BCUT2D eigenvalue weighted by Gasteiger charge is 1.70. The van der Waals surface area contributed by atoms with Gasteiger partial charge in [-0.25, -0.2) is 0 Å². The van der Waals surface area contributed by atoms with Crippen LogP contribution < -0.4 is 17.2 Å². The zero-order valence-electron chi connectivity index (χ0n) is 5.13. The standard InChI is InChI=1S/C2H6BrN.CH4N2S.BrH/c1-2(3)4;2-1(3)4;/h2H,4H2,1H3;(H4,2,3,4);1H/p+1. The summed E-state index contributed by atoms with van der Waals surface area (Å²) in [6, 6.07) is 0. The number of hydrogen-bond acceptors (Lipinski definition) is 2. The van der Waals surface area contributed by atoms with Gasteiger partial charge in [0.05, 0.1) is 4.95 Å². The average Bonchev–Trinajstić information content (AvgIpc) is 1.25. The highest BCUT2D eigenvalue weighted by atomic mass is 79.9. The second kappa shape index (κ2) is 11.6. The summed E-state index contributed by atoms with van der Waals surface area (Å²) in [4.78, 5) is 0.146. The minimum absolute atomic E-state index is 0. The van der Waals surface area contributed by atoms with Crippen LogP contribution >= 0.6 is 45.1 Å². The lowest BCUT2D eigenvalue weighted by atomic mass is 10.8. The summed E-state index contributed by atoms with van der Waals surface area (Å²) < 4.78 is 0. The monoisotopic (exact) mass is 280 g/mol. The zero-order chi connectivity index (χ0) is 7.15. The molecule has 9 heavy (non-hydrogen) atoms. The molecule has 6 heteroatoms. The quantitative estimate of drug-likeness (QED) is 0.325. The average molecular weight is 282 g/mol. The van der Waals surface area contributed by atoms with E-state index in [1.165, 1.54) is 0 Å². The van der Waals surface area contributed by atoms with Gasteiger partial charge in [-0.15, -0.1) is 17.0 Å². The van der Waals surface area contributed by atoms with Crippen molar-refractivity contribution in [1.29, 1.82) is 0 Å². The van der Waals surface area contributed by atoms with Crippen molar-refractivity contribution in [2.75, 3.05) is 0 Å². The fraction of sp³-hybridized carbons (Fsp3) is 0.667. The molecule has 0 fully saturated rings. The lowest BCUT2D eigenvalue weighted by Gasteiger charge is -1.78. The number of halogens is 2. The molecule has 1 unspecified atom stereocenters. The predicted octanol–water partition coefficient (Wildman–Crippen LogP) is -0.264. The van der Waals surface area contributed by atoms with E-state index in [2.05, 4.69) is 33.9 Å². The molecule has 0 radical (unpaired) electrons. The molecule has 58 valence electrons. The van der Waals surface area contributed by atoms with Gasteiger partial charge in [0.25, 0.3) is 5.11 Å². The Kier molecular flexibility index (Phi) is 21.0. The Morgan fingerprint density at radius 3 is 1.78 bits per heavy atom. The lowest BCUT2D eigenvalue weighted by Crippen LogP contribution is -2.60. The lowest BCUT2D eigenvalue weighted by molar-refractivity contribution is -0.210. The van der Waals surface area contributed by atoms with Gasteiger partial charge in [-0.3, -0.25) is 0 Å². The third-order valence-corrected chi connectivity index (χ3v) is 0. The second-order valence-corrected chi connectivity index (χ2v) is 3.11. The van der Waals surface area contributed by atoms with Crippen LogP contribution in [0.25, 0.3) is 0 Å². The summed E-state index contributed by atoms with van der Waals surface area (Å²) in [5.41, 5.74) is 12.9. The highest BCUT2D eigenvalue weighted by molar-refractivity contribution is 9.09. The molecule has 3 nitrogen and oxygen atoms in total. The Morgan fingerprint density at radius 1 is 1.78 bits per heavy atom. The molecule has 0 aliphatic rings. The molecule has 0 saturated heterocycles. The Bertz CT molecular complexity index is 61.3. The molecule has 0 heterocycles. The van der Waals surface area contributed by atoms with Crippen molar-refractivity contribution in [2.45, 2.75) is 11.9 Å². The molecule has 0 saturated carbocycles. The van der Waals surface area contributed by atoms with Crippen LogP contribution in [0.15, 0.2) is 0 Å². The van der Waals surface area contributed by atoms with Crippen molar-refractivity contribution in [3.05, 3.63) is 0 Å². The molecule has 0 rings (SSSR count). The minimum Gasteiger partial charge on any atom is -0.345 e. The van der Waals surface area contributed by atoms with Gasteiger partial charge in [-0.05, 0) is 6.92 Å². The topological polar surface area (TPSA) is 79.7 Å². The van der Waals surface area contributed by atoms with E-state index < -0.39 is 0 Å². The normalized spacial score (nSPS) is 9.78. The van der Waals surface area contributed by atoms with Gasteiger partial charge in [0.2, 0.25) is 0 Å². The second-order valence-electron chi connectivity index (χ2n) is 1.14. The van der Waals surface area contributed by atoms with Crippen molar-refractivity contribution in [3.63, 3.8) is 0 Å². The Labute approximate surface area is 79.2 Å². The van der Waals surface area contributed by atoms with Gasteiger partial charge >= 0.3 is 0 Å². The van der Waals surface area contributed by atoms with E-state index >= 15 is 0 Å². The van der Waals surface area contributed by atoms with Crippen LogP contribution in [0.5, 0.6) is 0 Å². The molecule has 0 bridgehead atoms. The van der Waals surface area contributed by atoms with E-state index in [4.69, 9.17) is 11.5 Å². The van der Waals surface area contributed by atoms with Crippen LogP contribution in [0.3, 0.4) is 0 Å². The smallest absolute Gasteiger partial charge is 0.262 e. The van der Waals surface area contributed by atoms with Crippen molar-refractivity contribution < 1.29 is 5.73 Å². The third-order valence-electron chi connectivity index (χ3n) is 0. The van der Waals surface area contributed by atoms with Crippen LogP contribution in [0, 0.1) is 0 Å². The predicted molar refractivity (Wildman–Crippen MR) is 52.6 cm³/mol. The molecule has 0 aromatic heterocycles. The van der Waals surface area contributed by atoms with E-state index in [1.54, 1.807) is 0 Å². The first kappa shape index (κ1) is 16.4. The Hall–Kier alpha value is 0.770. The van der Waals surface area contributed by atoms with E-state index in [1.807, 2.05) is 6.92 Å². The van der Waals surface area contributed by atoms with Crippen LogP contribution in [0.1, 0.15) is 6.92 Å². The van der Waals surface area contributed by atoms with Gasteiger partial charge in [0, 0.05) is 12.2 Å². The minimum atomic E-state index is 0. The van der Waals surface area contributed by atoms with Crippen LogP contribution in [0.2, 0.25) is 0 Å². The number of rotatable bonds is 0. The summed E-state index contributed by atoms with van der Waals surface area (Å²) in [5.74, 6) is 0. The third kappa shape index (κ3) is 678. The first-order valence-corrected chi connectivity index (χ1v) is 3.30. The highest BCUT2D eigenvalue weighted by Crippen LogP contribution is 1.80. The Morgan fingerprint density at radius 2 is 1.78 bits per heavy atom. The Balaban J connectivity index is -0.0000000720. The molecular formula is C3H12Br2N3S+. The first-order chi connectivity index (χ1) is 3.46. The van der Waals surface area contributed by atoms with Crippen LogP contribution in [-0.4, -0.2) is 10.1 Å². The molecule has 0 aromatic rings. The largest absolute Gasteiger partial charge is 0.345 e. The van der Waals surface area contributed by atoms with Gasteiger partial charge in [-0.2, -0.15) is 0 Å². The molecule has 0 amide bonds. The van der Waals surface area contributed by atoms with Crippen molar-refractivity contribution in [3.8, 4) is 0 Å². The molecule has 7 N–H and O–H groups in total. The number of quaternary nitrogens is 1. The molecular weight excluding hydrogens is 270 g/mol.